The van der Waals surface area contributed by atoms with Gasteiger partial charge in [0.2, 0.25) is 0 Å². The molecule has 0 atom stereocenters. The van der Waals surface area contributed by atoms with Gasteiger partial charge in [0.05, 0.1) is 0 Å². The Morgan fingerprint density at radius 1 is 0.634 bits per heavy atom. The van der Waals surface area contributed by atoms with Gasteiger partial charge in [0, 0.05) is 24.1 Å². The van der Waals surface area contributed by atoms with Crippen molar-refractivity contribution in [2.24, 2.45) is 0 Å². The second-order valence-electron chi connectivity index (χ2n) is 9.75. The summed E-state index contributed by atoms with van der Waals surface area (Å²) >= 11 is 0. The minimum Gasteiger partial charge on any atom is -0.665 e. The van der Waals surface area contributed by atoms with Crippen LogP contribution in [0, 0.1) is 6.07 Å². The summed E-state index contributed by atoms with van der Waals surface area (Å²) in [6.07, 6.45) is 7.33. The minimum absolute atomic E-state index is 0. The summed E-state index contributed by atoms with van der Waals surface area (Å²) in [5, 5.41) is 7.52. The van der Waals surface area contributed by atoms with Gasteiger partial charge in [-0.2, -0.15) is 5.69 Å². The molecule has 3 aromatic heterocycles. The first-order valence-electron chi connectivity index (χ1n) is 13.5. The van der Waals surface area contributed by atoms with Crippen LogP contribution in [0.15, 0.2) is 134 Å². The second kappa shape index (κ2) is 11.9. The molecule has 0 spiro atoms. The van der Waals surface area contributed by atoms with E-state index >= 15 is 0 Å². The van der Waals surface area contributed by atoms with Crippen LogP contribution in [0.25, 0.3) is 44.1 Å². The Labute approximate surface area is 254 Å². The van der Waals surface area contributed by atoms with Crippen molar-refractivity contribution in [1.82, 2.24) is 14.5 Å². The van der Waals surface area contributed by atoms with Gasteiger partial charge in [0.1, 0.15) is 5.82 Å². The van der Waals surface area contributed by atoms with Crippen LogP contribution in [0.4, 0.5) is 11.4 Å². The van der Waals surface area contributed by atoms with Gasteiger partial charge in [0.25, 0.3) is 0 Å². The molecule has 8 rings (SSSR count). The van der Waals surface area contributed by atoms with E-state index in [1.807, 2.05) is 42.6 Å². The smallest absolute Gasteiger partial charge is 0.665 e. The minimum atomic E-state index is 0. The Balaban J connectivity index is 0.000000387. The number of benzene rings is 4. The van der Waals surface area contributed by atoms with Crippen molar-refractivity contribution in [3.63, 3.8) is 0 Å². The van der Waals surface area contributed by atoms with Gasteiger partial charge < -0.3 is 9.88 Å². The quantitative estimate of drug-likeness (QED) is 0.168. The van der Waals surface area contributed by atoms with Crippen LogP contribution in [-0.2, 0) is 33.9 Å². The molecule has 4 nitrogen and oxygen atoms in total. The summed E-state index contributed by atoms with van der Waals surface area (Å²) in [6, 6.07) is 43.4. The van der Waals surface area contributed by atoms with Gasteiger partial charge in [-0.25, -0.2) is 4.98 Å². The molecule has 4 aromatic carbocycles. The van der Waals surface area contributed by atoms with Crippen molar-refractivity contribution in [3.05, 3.63) is 156 Å². The van der Waals surface area contributed by atoms with Crippen LogP contribution >= 0.6 is 0 Å². The monoisotopic (exact) mass is 709 g/mol. The molecule has 0 aliphatic carbocycles. The third-order valence-electron chi connectivity index (χ3n) is 7.33. The maximum Gasteiger partial charge on any atom is 2.00 e. The number of pyridine rings is 2. The zero-order valence-electron chi connectivity index (χ0n) is 22.2. The van der Waals surface area contributed by atoms with Crippen molar-refractivity contribution in [2.45, 2.75) is 12.8 Å². The van der Waals surface area contributed by atoms with E-state index in [1.165, 1.54) is 21.9 Å². The zero-order valence-corrected chi connectivity index (χ0v) is 24.5. The van der Waals surface area contributed by atoms with E-state index in [0.29, 0.717) is 0 Å². The fourth-order valence-electron chi connectivity index (χ4n) is 5.45. The van der Waals surface area contributed by atoms with Crippen molar-refractivity contribution in [1.29, 1.82) is 0 Å². The molecule has 0 unspecified atom stereocenters. The van der Waals surface area contributed by atoms with E-state index in [2.05, 4.69) is 99.5 Å². The molecule has 5 heteroatoms. The standard InChI is InChI=1S/C31H21N3.C5H5N.Pt/c1-3-12-27-21(8-1)15-16-22-9-7-11-24(31(22)33-27)23-17-18-26-25-10-2-4-13-28(25)34(29(26)20-23)30-14-5-6-19-32-30;1-2-4-6-5-3-1;/h1-14,17-19H,15-16H2;1-5H;/q-2;;+2. The maximum absolute atomic E-state index is 5.14. The van der Waals surface area contributed by atoms with Crippen molar-refractivity contribution in [3.8, 4) is 16.9 Å². The number of fused-ring (bicyclic) bond motifs is 5. The van der Waals surface area contributed by atoms with Crippen LogP contribution in [0.2, 0.25) is 0 Å². The molecular weight excluding hydrogens is 684 g/mol. The molecule has 200 valence electrons. The van der Waals surface area contributed by atoms with Gasteiger partial charge in [-0.3, -0.25) is 4.98 Å². The number of aromatic nitrogens is 3. The maximum atomic E-state index is 5.14. The summed E-state index contributed by atoms with van der Waals surface area (Å²) in [5.74, 6) is 0.896. The first-order valence-corrected chi connectivity index (χ1v) is 13.5. The molecule has 0 fully saturated rings. The van der Waals surface area contributed by atoms with Crippen LogP contribution in [0.3, 0.4) is 0 Å². The third-order valence-corrected chi connectivity index (χ3v) is 7.33. The van der Waals surface area contributed by atoms with E-state index < -0.39 is 0 Å². The molecule has 0 amide bonds. The van der Waals surface area contributed by atoms with Crippen molar-refractivity contribution in [2.75, 3.05) is 0 Å². The zero-order chi connectivity index (χ0) is 26.7. The van der Waals surface area contributed by atoms with Crippen molar-refractivity contribution < 1.29 is 21.1 Å². The summed E-state index contributed by atoms with van der Waals surface area (Å²) < 4.78 is 2.21. The fourth-order valence-corrected chi connectivity index (χ4v) is 5.45. The summed E-state index contributed by atoms with van der Waals surface area (Å²) in [4.78, 5) is 8.44. The first-order chi connectivity index (χ1) is 19.9. The Morgan fingerprint density at radius 2 is 1.39 bits per heavy atom. The van der Waals surface area contributed by atoms with Crippen LogP contribution in [0.1, 0.15) is 11.1 Å². The Hall–Kier alpha value is -4.53. The van der Waals surface area contributed by atoms with Crippen LogP contribution < -0.4 is 0 Å². The molecule has 0 saturated carbocycles. The predicted molar refractivity (Wildman–Crippen MR) is 164 cm³/mol. The third kappa shape index (κ3) is 5.19. The number of aryl methyl sites for hydroxylation is 2. The SMILES string of the molecule is [Pt+2].[c-]1c(-c2cccc3c2[N-]c2ccccc2CC3)ccc2c3ccccc3n(-c3ccccn3)c12.c1ccncc1. The Bertz CT molecular complexity index is 1900. The normalized spacial score (nSPS) is 11.7. The molecule has 0 bridgehead atoms. The summed E-state index contributed by atoms with van der Waals surface area (Å²) in [5.41, 5.74) is 9.05. The molecule has 7 aromatic rings. The van der Waals surface area contributed by atoms with Gasteiger partial charge in [0.15, 0.2) is 0 Å². The van der Waals surface area contributed by atoms with Gasteiger partial charge in [-0.05, 0) is 54.1 Å². The molecule has 0 radical (unpaired) electrons. The average molecular weight is 710 g/mol. The molecule has 1 aliphatic rings. The molecule has 41 heavy (non-hydrogen) atoms. The van der Waals surface area contributed by atoms with E-state index in [0.717, 1.165) is 52.2 Å². The van der Waals surface area contributed by atoms with Crippen LogP contribution in [-0.4, -0.2) is 14.5 Å². The topological polar surface area (TPSA) is 44.8 Å². The number of para-hydroxylation sites is 3. The van der Waals surface area contributed by atoms with Crippen molar-refractivity contribution >= 4 is 33.2 Å². The predicted octanol–water partition coefficient (Wildman–Crippen LogP) is 9.16. The number of hydrogen-bond donors (Lipinski definition) is 0. The molecule has 1 aliphatic heterocycles. The Morgan fingerprint density at radius 3 is 2.20 bits per heavy atom. The molecule has 0 N–H and O–H groups in total. The van der Waals surface area contributed by atoms with E-state index in [-0.39, 0.29) is 21.1 Å². The fraction of sp³-hybridized carbons (Fsp3) is 0.0556. The second-order valence-corrected chi connectivity index (χ2v) is 9.75. The largest absolute Gasteiger partial charge is 2.00 e. The summed E-state index contributed by atoms with van der Waals surface area (Å²) in [7, 11) is 0. The molecule has 4 heterocycles. The number of hydrogen-bond acceptors (Lipinski definition) is 2. The van der Waals surface area contributed by atoms with E-state index in [9.17, 15) is 0 Å². The van der Waals surface area contributed by atoms with Gasteiger partial charge >= 0.3 is 21.1 Å². The van der Waals surface area contributed by atoms with Gasteiger partial charge in [-0.15, -0.1) is 35.0 Å². The van der Waals surface area contributed by atoms with Gasteiger partial charge in [-0.1, -0.05) is 89.3 Å². The first kappa shape index (κ1) is 26.7. The van der Waals surface area contributed by atoms with E-state index in [4.69, 9.17) is 5.32 Å². The number of nitrogens with zero attached hydrogens (tertiary/aromatic N) is 4. The van der Waals surface area contributed by atoms with E-state index in [1.54, 1.807) is 12.4 Å². The van der Waals surface area contributed by atoms with Crippen LogP contribution in [0.5, 0.6) is 0 Å². The Kier molecular flexibility index (Phi) is 7.75. The average Bonchev–Trinajstić information content (AvgIpc) is 3.23. The molecular formula is C36H26N4Pt. The summed E-state index contributed by atoms with van der Waals surface area (Å²) in [6.45, 7) is 0. The number of rotatable bonds is 2. The molecule has 0 saturated heterocycles.